The molecule has 21 heavy (non-hydrogen) atoms. The SMILES string of the molecule is NCc1cccc(OCCN(Cc2ccsc2)C2CC2)c1. The van der Waals surface area contributed by atoms with E-state index in [0.717, 1.165) is 37.1 Å². The van der Waals surface area contributed by atoms with Crippen LogP contribution in [0.5, 0.6) is 5.75 Å². The average Bonchev–Trinajstić information content (AvgIpc) is 3.24. The van der Waals surface area contributed by atoms with Gasteiger partial charge < -0.3 is 10.5 Å². The van der Waals surface area contributed by atoms with Crippen LogP contribution in [0.4, 0.5) is 0 Å². The Hall–Kier alpha value is -1.36. The van der Waals surface area contributed by atoms with Gasteiger partial charge in [0.25, 0.3) is 0 Å². The Morgan fingerprint density at radius 1 is 1.24 bits per heavy atom. The van der Waals surface area contributed by atoms with Crippen molar-refractivity contribution < 1.29 is 4.74 Å². The van der Waals surface area contributed by atoms with E-state index in [1.54, 1.807) is 11.3 Å². The highest BCUT2D eigenvalue weighted by atomic mass is 32.1. The molecule has 0 unspecified atom stereocenters. The van der Waals surface area contributed by atoms with E-state index in [1.807, 2.05) is 24.3 Å². The largest absolute Gasteiger partial charge is 0.492 e. The van der Waals surface area contributed by atoms with Crippen LogP contribution in [-0.2, 0) is 13.1 Å². The lowest BCUT2D eigenvalue weighted by Gasteiger charge is -2.21. The monoisotopic (exact) mass is 302 g/mol. The molecule has 2 N–H and O–H groups in total. The Bertz CT molecular complexity index is 552. The van der Waals surface area contributed by atoms with E-state index in [9.17, 15) is 0 Å². The summed E-state index contributed by atoms with van der Waals surface area (Å²) in [5, 5.41) is 4.39. The zero-order valence-electron chi connectivity index (χ0n) is 12.2. The number of rotatable bonds is 8. The molecule has 1 fully saturated rings. The van der Waals surface area contributed by atoms with Crippen LogP contribution in [0.25, 0.3) is 0 Å². The van der Waals surface area contributed by atoms with E-state index in [1.165, 1.54) is 18.4 Å². The first-order chi connectivity index (χ1) is 10.3. The van der Waals surface area contributed by atoms with Crippen LogP contribution in [-0.4, -0.2) is 24.1 Å². The maximum absolute atomic E-state index is 5.88. The van der Waals surface area contributed by atoms with Crippen LogP contribution in [0, 0.1) is 0 Å². The van der Waals surface area contributed by atoms with E-state index in [-0.39, 0.29) is 0 Å². The summed E-state index contributed by atoms with van der Waals surface area (Å²) in [6.07, 6.45) is 2.65. The second-order valence-corrected chi connectivity index (χ2v) is 6.31. The highest BCUT2D eigenvalue weighted by Gasteiger charge is 2.28. The molecule has 2 aromatic rings. The number of ether oxygens (including phenoxy) is 1. The fraction of sp³-hybridized carbons (Fsp3) is 0.412. The smallest absolute Gasteiger partial charge is 0.119 e. The van der Waals surface area contributed by atoms with E-state index in [2.05, 4.69) is 21.7 Å². The quantitative estimate of drug-likeness (QED) is 0.813. The van der Waals surface area contributed by atoms with Crippen molar-refractivity contribution in [1.82, 2.24) is 4.90 Å². The molecule has 0 spiro atoms. The molecule has 1 heterocycles. The van der Waals surface area contributed by atoms with E-state index < -0.39 is 0 Å². The van der Waals surface area contributed by atoms with Crippen molar-refractivity contribution in [2.75, 3.05) is 13.2 Å². The molecular weight excluding hydrogens is 280 g/mol. The molecule has 1 saturated carbocycles. The van der Waals surface area contributed by atoms with Gasteiger partial charge in [0.1, 0.15) is 12.4 Å². The summed E-state index contributed by atoms with van der Waals surface area (Å²) in [5.74, 6) is 0.921. The van der Waals surface area contributed by atoms with Crippen LogP contribution in [0.2, 0.25) is 0 Å². The second-order valence-electron chi connectivity index (χ2n) is 5.53. The molecule has 0 saturated heterocycles. The van der Waals surface area contributed by atoms with Crippen molar-refractivity contribution in [3.05, 3.63) is 52.2 Å². The van der Waals surface area contributed by atoms with Gasteiger partial charge in [0, 0.05) is 25.7 Å². The topological polar surface area (TPSA) is 38.5 Å². The molecule has 1 aromatic heterocycles. The van der Waals surface area contributed by atoms with E-state index in [0.29, 0.717) is 6.54 Å². The second kappa shape index (κ2) is 7.07. The summed E-state index contributed by atoms with van der Waals surface area (Å²) in [6, 6.07) is 11.0. The number of thiophene rings is 1. The third-order valence-corrected chi connectivity index (χ3v) is 4.54. The Labute approximate surface area is 130 Å². The normalized spacial score (nSPS) is 14.6. The fourth-order valence-electron chi connectivity index (χ4n) is 2.49. The predicted octanol–water partition coefficient (Wildman–Crippen LogP) is 3.25. The van der Waals surface area contributed by atoms with Crippen LogP contribution < -0.4 is 10.5 Å². The van der Waals surface area contributed by atoms with Crippen molar-refractivity contribution in [3.8, 4) is 5.75 Å². The van der Waals surface area contributed by atoms with Gasteiger partial charge in [-0.15, -0.1) is 0 Å². The third-order valence-electron chi connectivity index (χ3n) is 3.81. The maximum atomic E-state index is 5.88. The van der Waals surface area contributed by atoms with Gasteiger partial charge in [-0.2, -0.15) is 11.3 Å². The molecule has 112 valence electrons. The molecule has 0 aliphatic heterocycles. The minimum absolute atomic E-state index is 0.559. The minimum Gasteiger partial charge on any atom is -0.492 e. The molecule has 1 aliphatic carbocycles. The molecule has 1 aliphatic rings. The predicted molar refractivity (Wildman–Crippen MR) is 87.6 cm³/mol. The van der Waals surface area contributed by atoms with E-state index in [4.69, 9.17) is 10.5 Å². The molecule has 3 rings (SSSR count). The summed E-state index contributed by atoms with van der Waals surface area (Å²) < 4.78 is 5.88. The highest BCUT2D eigenvalue weighted by Crippen LogP contribution is 2.28. The Morgan fingerprint density at radius 3 is 2.86 bits per heavy atom. The van der Waals surface area contributed by atoms with Crippen LogP contribution in [0.1, 0.15) is 24.0 Å². The number of nitrogens with zero attached hydrogens (tertiary/aromatic N) is 1. The number of nitrogens with two attached hydrogens (primary N) is 1. The number of hydrogen-bond acceptors (Lipinski definition) is 4. The molecular formula is C17H22N2OS. The van der Waals surface area contributed by atoms with Crippen molar-refractivity contribution in [2.45, 2.75) is 32.0 Å². The van der Waals surface area contributed by atoms with Crippen LogP contribution in [0.3, 0.4) is 0 Å². The van der Waals surface area contributed by atoms with Crippen LogP contribution in [0.15, 0.2) is 41.1 Å². The molecule has 0 atom stereocenters. The Balaban J connectivity index is 1.50. The zero-order chi connectivity index (χ0) is 14.5. The maximum Gasteiger partial charge on any atom is 0.119 e. The highest BCUT2D eigenvalue weighted by molar-refractivity contribution is 7.07. The fourth-order valence-corrected chi connectivity index (χ4v) is 3.15. The van der Waals surface area contributed by atoms with Crippen molar-refractivity contribution in [1.29, 1.82) is 0 Å². The van der Waals surface area contributed by atoms with Gasteiger partial charge in [0.2, 0.25) is 0 Å². The number of benzene rings is 1. The van der Waals surface area contributed by atoms with Crippen LogP contribution >= 0.6 is 11.3 Å². The van der Waals surface area contributed by atoms with Gasteiger partial charge in [0.05, 0.1) is 0 Å². The minimum atomic E-state index is 0.559. The lowest BCUT2D eigenvalue weighted by Crippen LogP contribution is -2.30. The molecule has 0 radical (unpaired) electrons. The number of hydrogen-bond donors (Lipinski definition) is 1. The third kappa shape index (κ3) is 4.30. The van der Waals surface area contributed by atoms with Gasteiger partial charge in [-0.1, -0.05) is 12.1 Å². The Kier molecular flexibility index (Phi) is 4.91. The van der Waals surface area contributed by atoms with Gasteiger partial charge in [-0.25, -0.2) is 0 Å². The molecule has 3 nitrogen and oxygen atoms in total. The molecule has 1 aromatic carbocycles. The first-order valence-corrected chi connectivity index (χ1v) is 8.46. The lowest BCUT2D eigenvalue weighted by molar-refractivity contribution is 0.195. The van der Waals surface area contributed by atoms with Crippen molar-refractivity contribution in [3.63, 3.8) is 0 Å². The molecule has 0 amide bonds. The standard InChI is InChI=1S/C17H22N2OS/c18-11-14-2-1-3-17(10-14)20-8-7-19(16-4-5-16)12-15-6-9-21-13-15/h1-3,6,9-10,13,16H,4-5,7-8,11-12,18H2. The Morgan fingerprint density at radius 2 is 2.14 bits per heavy atom. The summed E-state index contributed by atoms with van der Waals surface area (Å²) in [7, 11) is 0. The average molecular weight is 302 g/mol. The summed E-state index contributed by atoms with van der Waals surface area (Å²) >= 11 is 1.77. The molecule has 0 bridgehead atoms. The van der Waals surface area contributed by atoms with Gasteiger partial charge >= 0.3 is 0 Å². The van der Waals surface area contributed by atoms with E-state index >= 15 is 0 Å². The summed E-state index contributed by atoms with van der Waals surface area (Å²) in [4.78, 5) is 2.54. The summed E-state index contributed by atoms with van der Waals surface area (Å²) in [5.41, 5.74) is 8.19. The summed E-state index contributed by atoms with van der Waals surface area (Å²) in [6.45, 7) is 3.31. The molecule has 4 heteroatoms. The van der Waals surface area contributed by atoms with Gasteiger partial charge in [-0.05, 0) is 52.9 Å². The zero-order valence-corrected chi connectivity index (χ0v) is 13.0. The van der Waals surface area contributed by atoms with Crippen molar-refractivity contribution in [2.24, 2.45) is 5.73 Å². The first kappa shape index (κ1) is 14.6. The van der Waals surface area contributed by atoms with Crippen molar-refractivity contribution >= 4 is 11.3 Å². The van der Waals surface area contributed by atoms with Gasteiger partial charge in [-0.3, -0.25) is 4.90 Å². The first-order valence-electron chi connectivity index (χ1n) is 7.52. The van der Waals surface area contributed by atoms with Gasteiger partial charge in [0.15, 0.2) is 0 Å². The lowest BCUT2D eigenvalue weighted by atomic mass is 10.2.